The highest BCUT2D eigenvalue weighted by Crippen LogP contribution is 2.38. The van der Waals surface area contributed by atoms with E-state index in [2.05, 4.69) is 23.8 Å². The molecule has 6 heteroatoms. The summed E-state index contributed by atoms with van der Waals surface area (Å²) in [6, 6.07) is 7.87. The molecule has 0 N–H and O–H groups in total. The van der Waals surface area contributed by atoms with E-state index < -0.39 is 0 Å². The summed E-state index contributed by atoms with van der Waals surface area (Å²) in [6.07, 6.45) is 3.20. The number of aromatic nitrogens is 1. The summed E-state index contributed by atoms with van der Waals surface area (Å²) in [6.45, 7) is 4.82. The average molecular weight is 361 g/mol. The van der Waals surface area contributed by atoms with Crippen molar-refractivity contribution in [2.45, 2.75) is 32.4 Å². The van der Waals surface area contributed by atoms with Gasteiger partial charge in [-0.15, -0.1) is 0 Å². The second-order valence-electron chi connectivity index (χ2n) is 6.52. The number of benzene rings is 1. The van der Waals surface area contributed by atoms with Gasteiger partial charge in [0, 0.05) is 31.4 Å². The summed E-state index contributed by atoms with van der Waals surface area (Å²) in [5.41, 5.74) is 2.03. The van der Waals surface area contributed by atoms with Crippen LogP contribution in [0.15, 0.2) is 30.5 Å². The van der Waals surface area contributed by atoms with Crippen LogP contribution in [0.25, 0.3) is 0 Å². The number of ether oxygens (including phenoxy) is 2. The van der Waals surface area contributed by atoms with Gasteiger partial charge in [-0.1, -0.05) is 11.6 Å². The summed E-state index contributed by atoms with van der Waals surface area (Å²) in [7, 11) is 0. The van der Waals surface area contributed by atoms with Crippen LogP contribution in [0.3, 0.4) is 0 Å². The lowest BCUT2D eigenvalue weighted by Crippen LogP contribution is -2.41. The Morgan fingerprint density at radius 3 is 3.00 bits per heavy atom. The summed E-state index contributed by atoms with van der Waals surface area (Å²) in [4.78, 5) is 14.8. The van der Waals surface area contributed by atoms with Gasteiger partial charge in [0.2, 0.25) is 5.91 Å². The summed E-state index contributed by atoms with van der Waals surface area (Å²) in [5.74, 6) is 1.32. The van der Waals surface area contributed by atoms with Crippen molar-refractivity contribution in [1.82, 2.24) is 9.47 Å². The number of carbonyl (C=O) groups excluding carboxylic acids is 1. The molecule has 2 aliphatic heterocycles. The minimum absolute atomic E-state index is 0.0760. The van der Waals surface area contributed by atoms with Gasteiger partial charge < -0.3 is 18.9 Å². The largest absolute Gasteiger partial charge is 0.489 e. The first kappa shape index (κ1) is 16.3. The molecule has 25 heavy (non-hydrogen) atoms. The fourth-order valence-corrected chi connectivity index (χ4v) is 3.87. The number of rotatable bonds is 2. The standard InChI is InChI=1S/C19H21ClN2O3/c1-13-16-4-2-5-21(16)6-7-22(13)18(23)12-14-10-15(20)19-17(11-14)24-8-3-9-25-19/h2,4-5,10-11,13H,3,6-9,12H2,1H3. The SMILES string of the molecule is CC1c2cccn2CCN1C(=O)Cc1cc(Cl)c2c(c1)OCCCO2. The average Bonchev–Trinajstić information content (AvgIpc) is 2.94. The normalized spacial score (nSPS) is 19.3. The first-order valence-corrected chi connectivity index (χ1v) is 9.04. The molecule has 0 aliphatic carbocycles. The van der Waals surface area contributed by atoms with E-state index in [1.54, 1.807) is 0 Å². The Kier molecular flexibility index (Phi) is 4.34. The van der Waals surface area contributed by atoms with Crippen LogP contribution in [0.5, 0.6) is 11.5 Å². The lowest BCUT2D eigenvalue weighted by atomic mass is 10.1. The van der Waals surface area contributed by atoms with Gasteiger partial charge >= 0.3 is 0 Å². The van der Waals surface area contributed by atoms with E-state index in [0.29, 0.717) is 36.2 Å². The molecule has 2 aromatic rings. The highest BCUT2D eigenvalue weighted by molar-refractivity contribution is 6.32. The molecule has 1 aromatic carbocycles. The molecule has 5 nitrogen and oxygen atoms in total. The van der Waals surface area contributed by atoms with E-state index in [0.717, 1.165) is 25.1 Å². The minimum Gasteiger partial charge on any atom is -0.489 e. The molecule has 1 atom stereocenters. The number of hydrogen-bond donors (Lipinski definition) is 0. The molecule has 0 fully saturated rings. The fraction of sp³-hybridized carbons (Fsp3) is 0.421. The zero-order chi connectivity index (χ0) is 17.4. The van der Waals surface area contributed by atoms with E-state index in [9.17, 15) is 4.79 Å². The van der Waals surface area contributed by atoms with Crippen LogP contribution in [0.1, 0.15) is 30.6 Å². The molecule has 4 rings (SSSR count). The third-order valence-corrected chi connectivity index (χ3v) is 5.16. The predicted octanol–water partition coefficient (Wildman–Crippen LogP) is 3.45. The topological polar surface area (TPSA) is 43.7 Å². The quantitative estimate of drug-likeness (QED) is 0.824. The van der Waals surface area contributed by atoms with Gasteiger partial charge in [-0.05, 0) is 36.8 Å². The number of halogens is 1. The van der Waals surface area contributed by atoms with Gasteiger partial charge in [0.25, 0.3) is 0 Å². The van der Waals surface area contributed by atoms with E-state index in [4.69, 9.17) is 21.1 Å². The van der Waals surface area contributed by atoms with Crippen molar-refractivity contribution in [2.75, 3.05) is 19.8 Å². The van der Waals surface area contributed by atoms with E-state index in [-0.39, 0.29) is 11.9 Å². The molecule has 0 saturated heterocycles. The first-order valence-electron chi connectivity index (χ1n) is 8.66. The minimum atomic E-state index is 0.0760. The van der Waals surface area contributed by atoms with Gasteiger partial charge in [-0.3, -0.25) is 4.79 Å². The summed E-state index contributed by atoms with van der Waals surface area (Å²) < 4.78 is 13.6. The number of hydrogen-bond acceptors (Lipinski definition) is 3. The lowest BCUT2D eigenvalue weighted by Gasteiger charge is -2.35. The highest BCUT2D eigenvalue weighted by atomic mass is 35.5. The molecule has 2 aliphatic rings. The number of fused-ring (bicyclic) bond motifs is 2. The molecule has 1 unspecified atom stereocenters. The predicted molar refractivity (Wildman–Crippen MR) is 95.3 cm³/mol. The van der Waals surface area contributed by atoms with E-state index >= 15 is 0 Å². The van der Waals surface area contributed by atoms with Crippen LogP contribution < -0.4 is 9.47 Å². The zero-order valence-electron chi connectivity index (χ0n) is 14.2. The Bertz CT molecular complexity index is 802. The third-order valence-electron chi connectivity index (χ3n) is 4.88. The molecular weight excluding hydrogens is 340 g/mol. The van der Waals surface area contributed by atoms with Crippen LogP contribution >= 0.6 is 11.6 Å². The molecular formula is C19H21ClN2O3. The second kappa shape index (κ2) is 6.64. The highest BCUT2D eigenvalue weighted by Gasteiger charge is 2.27. The molecule has 3 heterocycles. The van der Waals surface area contributed by atoms with Crippen molar-refractivity contribution < 1.29 is 14.3 Å². The summed E-state index contributed by atoms with van der Waals surface area (Å²) >= 11 is 6.34. The molecule has 0 spiro atoms. The van der Waals surface area contributed by atoms with Crippen LogP contribution in [-0.2, 0) is 17.8 Å². The Hall–Kier alpha value is -2.14. The Morgan fingerprint density at radius 1 is 1.28 bits per heavy atom. The van der Waals surface area contributed by atoms with Gasteiger partial charge in [-0.25, -0.2) is 0 Å². The van der Waals surface area contributed by atoms with Gasteiger partial charge in [0.1, 0.15) is 0 Å². The molecule has 1 amide bonds. The second-order valence-corrected chi connectivity index (χ2v) is 6.93. The Balaban J connectivity index is 1.53. The van der Waals surface area contributed by atoms with Gasteiger partial charge in [0.15, 0.2) is 11.5 Å². The van der Waals surface area contributed by atoms with Crippen molar-refractivity contribution in [3.8, 4) is 11.5 Å². The van der Waals surface area contributed by atoms with Crippen molar-refractivity contribution in [1.29, 1.82) is 0 Å². The lowest BCUT2D eigenvalue weighted by molar-refractivity contribution is -0.133. The maximum Gasteiger partial charge on any atom is 0.227 e. The number of carbonyl (C=O) groups is 1. The van der Waals surface area contributed by atoms with Gasteiger partial charge in [0.05, 0.1) is 30.7 Å². The third kappa shape index (κ3) is 3.09. The number of nitrogens with zero attached hydrogens (tertiary/aromatic N) is 2. The molecule has 1 aromatic heterocycles. The molecule has 132 valence electrons. The zero-order valence-corrected chi connectivity index (χ0v) is 15.0. The van der Waals surface area contributed by atoms with E-state index in [1.807, 2.05) is 23.1 Å². The van der Waals surface area contributed by atoms with Crippen LogP contribution in [0.2, 0.25) is 5.02 Å². The van der Waals surface area contributed by atoms with Gasteiger partial charge in [-0.2, -0.15) is 0 Å². The Morgan fingerprint density at radius 2 is 2.12 bits per heavy atom. The molecule has 0 bridgehead atoms. The maximum absolute atomic E-state index is 12.9. The van der Waals surface area contributed by atoms with Crippen molar-refractivity contribution in [2.24, 2.45) is 0 Å². The van der Waals surface area contributed by atoms with Crippen molar-refractivity contribution in [3.63, 3.8) is 0 Å². The Labute approximate surface area is 152 Å². The molecule has 0 radical (unpaired) electrons. The fourth-order valence-electron chi connectivity index (χ4n) is 3.58. The molecule has 0 saturated carbocycles. The van der Waals surface area contributed by atoms with Crippen LogP contribution in [0, 0.1) is 0 Å². The van der Waals surface area contributed by atoms with Crippen molar-refractivity contribution >= 4 is 17.5 Å². The van der Waals surface area contributed by atoms with Crippen molar-refractivity contribution in [3.05, 3.63) is 46.7 Å². The maximum atomic E-state index is 12.9. The van der Waals surface area contributed by atoms with E-state index in [1.165, 1.54) is 5.69 Å². The van der Waals surface area contributed by atoms with Crippen LogP contribution in [0.4, 0.5) is 0 Å². The van der Waals surface area contributed by atoms with Crippen LogP contribution in [-0.4, -0.2) is 35.1 Å². The summed E-state index contributed by atoms with van der Waals surface area (Å²) in [5, 5.41) is 0.503. The smallest absolute Gasteiger partial charge is 0.227 e. The first-order chi connectivity index (χ1) is 12.1. The number of amides is 1. The monoisotopic (exact) mass is 360 g/mol.